The highest BCUT2D eigenvalue weighted by Crippen LogP contribution is 2.08. The van der Waals surface area contributed by atoms with Gasteiger partial charge in [0.05, 0.1) is 0 Å². The molecule has 4 heteroatoms. The molecule has 0 spiro atoms. The summed E-state index contributed by atoms with van der Waals surface area (Å²) in [5, 5.41) is 0. The van der Waals surface area contributed by atoms with Gasteiger partial charge in [0.15, 0.2) is 0 Å². The molecular formula is C11H14N4. The zero-order valence-electron chi connectivity index (χ0n) is 8.72. The van der Waals surface area contributed by atoms with Crippen molar-refractivity contribution >= 4 is 5.69 Å². The summed E-state index contributed by atoms with van der Waals surface area (Å²) in [5.41, 5.74) is 7.39. The van der Waals surface area contributed by atoms with Gasteiger partial charge in [-0.15, -0.1) is 0 Å². The molecule has 0 amide bonds. The van der Waals surface area contributed by atoms with Gasteiger partial charge in [-0.05, 0) is 19.1 Å². The van der Waals surface area contributed by atoms with Crippen molar-refractivity contribution < 1.29 is 0 Å². The number of aryl methyl sites for hydroxylation is 1. The lowest BCUT2D eigenvalue weighted by Gasteiger charge is -2.04. The first-order valence-electron chi connectivity index (χ1n) is 5.00. The number of nitrogens with zero attached hydrogens (tertiary/aromatic N) is 3. The molecule has 0 radical (unpaired) electrons. The van der Waals surface area contributed by atoms with Crippen molar-refractivity contribution in [2.75, 3.05) is 5.73 Å². The Labute approximate surface area is 88.8 Å². The van der Waals surface area contributed by atoms with Gasteiger partial charge in [0.25, 0.3) is 0 Å². The Hall–Kier alpha value is -1.84. The van der Waals surface area contributed by atoms with Gasteiger partial charge in [-0.3, -0.25) is 4.98 Å². The van der Waals surface area contributed by atoms with E-state index in [-0.39, 0.29) is 0 Å². The van der Waals surface area contributed by atoms with E-state index in [0.29, 0.717) is 0 Å². The van der Waals surface area contributed by atoms with Crippen LogP contribution in [0.2, 0.25) is 0 Å². The SMILES string of the molecule is CCn1ccnc1Cc1cc(N)ccn1. The number of hydrogen-bond donors (Lipinski definition) is 1. The van der Waals surface area contributed by atoms with Crippen LogP contribution in [0.5, 0.6) is 0 Å². The lowest BCUT2D eigenvalue weighted by atomic mass is 10.2. The van der Waals surface area contributed by atoms with E-state index >= 15 is 0 Å². The minimum Gasteiger partial charge on any atom is -0.399 e. The van der Waals surface area contributed by atoms with E-state index in [1.807, 2.05) is 18.5 Å². The maximum atomic E-state index is 5.69. The molecule has 0 fully saturated rings. The summed E-state index contributed by atoms with van der Waals surface area (Å²) in [4.78, 5) is 8.55. The number of anilines is 1. The van der Waals surface area contributed by atoms with Crippen LogP contribution in [0.4, 0.5) is 5.69 Å². The third kappa shape index (κ3) is 2.15. The molecule has 0 bridgehead atoms. The van der Waals surface area contributed by atoms with Crippen molar-refractivity contribution in [3.05, 3.63) is 42.2 Å². The number of aromatic nitrogens is 3. The lowest BCUT2D eigenvalue weighted by Crippen LogP contribution is -2.03. The van der Waals surface area contributed by atoms with E-state index < -0.39 is 0 Å². The molecular weight excluding hydrogens is 188 g/mol. The second kappa shape index (κ2) is 4.13. The van der Waals surface area contributed by atoms with Gasteiger partial charge in [0.2, 0.25) is 0 Å². The largest absolute Gasteiger partial charge is 0.399 e. The second-order valence-corrected chi connectivity index (χ2v) is 3.39. The number of hydrogen-bond acceptors (Lipinski definition) is 3. The predicted molar refractivity (Wildman–Crippen MR) is 59.4 cm³/mol. The molecule has 0 unspecified atom stereocenters. The second-order valence-electron chi connectivity index (χ2n) is 3.39. The van der Waals surface area contributed by atoms with Gasteiger partial charge < -0.3 is 10.3 Å². The average Bonchev–Trinajstić information content (AvgIpc) is 2.65. The van der Waals surface area contributed by atoms with Crippen molar-refractivity contribution in [1.29, 1.82) is 0 Å². The third-order valence-corrected chi connectivity index (χ3v) is 2.32. The molecule has 0 atom stereocenters. The van der Waals surface area contributed by atoms with Gasteiger partial charge in [-0.25, -0.2) is 4.98 Å². The van der Waals surface area contributed by atoms with Crippen LogP contribution < -0.4 is 5.73 Å². The summed E-state index contributed by atoms with van der Waals surface area (Å²) in [6, 6.07) is 3.67. The zero-order chi connectivity index (χ0) is 10.7. The number of nitrogen functional groups attached to an aromatic ring is 1. The summed E-state index contributed by atoms with van der Waals surface area (Å²) < 4.78 is 2.10. The highest BCUT2D eigenvalue weighted by Gasteiger charge is 2.03. The monoisotopic (exact) mass is 202 g/mol. The lowest BCUT2D eigenvalue weighted by molar-refractivity contribution is 0.708. The van der Waals surface area contributed by atoms with Crippen LogP contribution in [0.1, 0.15) is 18.4 Å². The van der Waals surface area contributed by atoms with Crippen molar-refractivity contribution in [2.45, 2.75) is 19.9 Å². The first-order chi connectivity index (χ1) is 7.29. The summed E-state index contributed by atoms with van der Waals surface area (Å²) in [6.07, 6.45) is 6.24. The molecule has 0 aliphatic carbocycles. The Morgan fingerprint density at radius 3 is 2.93 bits per heavy atom. The number of pyridine rings is 1. The number of nitrogens with two attached hydrogens (primary N) is 1. The average molecular weight is 202 g/mol. The normalized spacial score (nSPS) is 10.5. The van der Waals surface area contributed by atoms with Crippen LogP contribution in [0.3, 0.4) is 0 Å². The van der Waals surface area contributed by atoms with Crippen LogP contribution in [0.25, 0.3) is 0 Å². The van der Waals surface area contributed by atoms with Crippen molar-refractivity contribution in [3.8, 4) is 0 Å². The summed E-state index contributed by atoms with van der Waals surface area (Å²) >= 11 is 0. The molecule has 0 aliphatic heterocycles. The van der Waals surface area contributed by atoms with Gasteiger partial charge in [0.1, 0.15) is 5.82 Å². The van der Waals surface area contributed by atoms with E-state index in [1.54, 1.807) is 12.3 Å². The molecule has 15 heavy (non-hydrogen) atoms. The fourth-order valence-electron chi connectivity index (χ4n) is 1.55. The van der Waals surface area contributed by atoms with Gasteiger partial charge in [0, 0.05) is 42.9 Å². The maximum absolute atomic E-state index is 5.69. The highest BCUT2D eigenvalue weighted by molar-refractivity contribution is 5.37. The van der Waals surface area contributed by atoms with Crippen LogP contribution in [0.15, 0.2) is 30.7 Å². The quantitative estimate of drug-likeness (QED) is 0.820. The van der Waals surface area contributed by atoms with E-state index in [1.165, 1.54) is 0 Å². The fourth-order valence-corrected chi connectivity index (χ4v) is 1.55. The Bertz CT molecular complexity index is 447. The van der Waals surface area contributed by atoms with Crippen molar-refractivity contribution in [2.24, 2.45) is 0 Å². The summed E-state index contributed by atoms with van der Waals surface area (Å²) in [7, 11) is 0. The van der Waals surface area contributed by atoms with E-state index in [2.05, 4.69) is 21.5 Å². The molecule has 2 N–H and O–H groups in total. The predicted octanol–water partition coefficient (Wildman–Crippen LogP) is 1.47. The third-order valence-electron chi connectivity index (χ3n) is 2.32. The standard InChI is InChI=1S/C11H14N4/c1-2-15-6-5-14-11(15)8-10-7-9(12)3-4-13-10/h3-7H,2,8H2,1H3,(H2,12,13). The Kier molecular flexibility index (Phi) is 2.67. The van der Waals surface area contributed by atoms with Crippen molar-refractivity contribution in [1.82, 2.24) is 14.5 Å². The molecule has 0 aromatic carbocycles. The van der Waals surface area contributed by atoms with E-state index in [4.69, 9.17) is 5.73 Å². The molecule has 0 saturated heterocycles. The maximum Gasteiger partial charge on any atom is 0.114 e. The van der Waals surface area contributed by atoms with E-state index in [9.17, 15) is 0 Å². The van der Waals surface area contributed by atoms with E-state index in [0.717, 1.165) is 30.2 Å². The van der Waals surface area contributed by atoms with Crippen LogP contribution >= 0.6 is 0 Å². The van der Waals surface area contributed by atoms with Crippen LogP contribution in [0, 0.1) is 0 Å². The molecule has 78 valence electrons. The molecule has 4 nitrogen and oxygen atoms in total. The minimum absolute atomic E-state index is 0.728. The Morgan fingerprint density at radius 1 is 1.33 bits per heavy atom. The molecule has 2 aromatic heterocycles. The number of rotatable bonds is 3. The first kappa shape index (κ1) is 9.71. The molecule has 2 aromatic rings. The summed E-state index contributed by atoms with van der Waals surface area (Å²) in [6.45, 7) is 3.02. The Morgan fingerprint density at radius 2 is 2.20 bits per heavy atom. The zero-order valence-corrected chi connectivity index (χ0v) is 8.72. The first-order valence-corrected chi connectivity index (χ1v) is 5.00. The molecule has 0 aliphatic rings. The van der Waals surface area contributed by atoms with Crippen LogP contribution in [-0.4, -0.2) is 14.5 Å². The molecule has 2 rings (SSSR count). The summed E-state index contributed by atoms with van der Waals surface area (Å²) in [5.74, 6) is 1.02. The smallest absolute Gasteiger partial charge is 0.114 e. The molecule has 0 saturated carbocycles. The minimum atomic E-state index is 0.728. The highest BCUT2D eigenvalue weighted by atomic mass is 15.1. The van der Waals surface area contributed by atoms with Gasteiger partial charge in [-0.1, -0.05) is 0 Å². The van der Waals surface area contributed by atoms with Crippen molar-refractivity contribution in [3.63, 3.8) is 0 Å². The topological polar surface area (TPSA) is 56.7 Å². The van der Waals surface area contributed by atoms with Gasteiger partial charge >= 0.3 is 0 Å². The molecule has 2 heterocycles. The Balaban J connectivity index is 2.22. The number of imidazole rings is 1. The van der Waals surface area contributed by atoms with Crippen LogP contribution in [-0.2, 0) is 13.0 Å². The van der Waals surface area contributed by atoms with Gasteiger partial charge in [-0.2, -0.15) is 0 Å². The fraction of sp³-hybridized carbons (Fsp3) is 0.273.